The molecule has 21 heavy (non-hydrogen) atoms. The molecule has 0 atom stereocenters. The lowest BCUT2D eigenvalue weighted by atomic mass is 10.3. The lowest BCUT2D eigenvalue weighted by Gasteiger charge is -2.11. The second kappa shape index (κ2) is 7.23. The van der Waals surface area contributed by atoms with Gasteiger partial charge in [-0.3, -0.25) is 4.79 Å². The predicted molar refractivity (Wildman–Crippen MR) is 87.0 cm³/mol. The number of nitrogens with one attached hydrogen (secondary N) is 1. The summed E-state index contributed by atoms with van der Waals surface area (Å²) in [6, 6.07) is 9.84. The molecular formula is C14H9Cl4NO2. The van der Waals surface area contributed by atoms with Gasteiger partial charge in [0.1, 0.15) is 10.8 Å². The van der Waals surface area contributed by atoms with Gasteiger partial charge in [-0.15, -0.1) is 0 Å². The fraction of sp³-hybridized carbons (Fsp3) is 0.0714. The Morgan fingerprint density at radius 2 is 1.52 bits per heavy atom. The van der Waals surface area contributed by atoms with E-state index in [0.29, 0.717) is 26.5 Å². The molecule has 110 valence electrons. The molecule has 0 aliphatic carbocycles. The fourth-order valence-corrected chi connectivity index (χ4v) is 2.37. The molecule has 0 aliphatic rings. The van der Waals surface area contributed by atoms with Crippen LogP contribution >= 0.6 is 46.4 Å². The highest BCUT2D eigenvalue weighted by atomic mass is 35.5. The SMILES string of the molecule is O=C(COc1cccc(Cl)c1Cl)Nc1c(Cl)cccc1Cl. The van der Waals surface area contributed by atoms with E-state index in [1.165, 1.54) is 0 Å². The summed E-state index contributed by atoms with van der Waals surface area (Å²) in [5, 5.41) is 3.87. The number of para-hydroxylation sites is 1. The average Bonchev–Trinajstić information content (AvgIpc) is 2.45. The summed E-state index contributed by atoms with van der Waals surface area (Å²) < 4.78 is 5.32. The number of carbonyl (C=O) groups is 1. The first-order chi connectivity index (χ1) is 9.99. The molecule has 0 saturated heterocycles. The van der Waals surface area contributed by atoms with Gasteiger partial charge in [-0.05, 0) is 24.3 Å². The number of anilines is 1. The van der Waals surface area contributed by atoms with Crippen LogP contribution in [0.1, 0.15) is 0 Å². The number of carbonyl (C=O) groups excluding carboxylic acids is 1. The summed E-state index contributed by atoms with van der Waals surface area (Å²) in [4.78, 5) is 11.9. The third-order valence-corrected chi connectivity index (χ3v) is 3.93. The number of hydrogen-bond acceptors (Lipinski definition) is 2. The van der Waals surface area contributed by atoms with Gasteiger partial charge in [-0.25, -0.2) is 0 Å². The van der Waals surface area contributed by atoms with Gasteiger partial charge in [0, 0.05) is 0 Å². The van der Waals surface area contributed by atoms with Gasteiger partial charge in [-0.2, -0.15) is 0 Å². The van der Waals surface area contributed by atoms with E-state index in [4.69, 9.17) is 51.1 Å². The first-order valence-corrected chi connectivity index (χ1v) is 7.31. The molecule has 1 N–H and O–H groups in total. The molecule has 2 rings (SSSR count). The third kappa shape index (κ3) is 4.17. The van der Waals surface area contributed by atoms with E-state index in [-0.39, 0.29) is 11.6 Å². The molecule has 0 bridgehead atoms. The number of benzene rings is 2. The van der Waals surface area contributed by atoms with Crippen LogP contribution in [0.4, 0.5) is 5.69 Å². The molecule has 0 unspecified atom stereocenters. The van der Waals surface area contributed by atoms with E-state index in [2.05, 4.69) is 5.32 Å². The van der Waals surface area contributed by atoms with Crippen LogP contribution in [0.3, 0.4) is 0 Å². The summed E-state index contributed by atoms with van der Waals surface area (Å²) >= 11 is 23.7. The number of ether oxygens (including phenoxy) is 1. The Morgan fingerprint density at radius 3 is 2.19 bits per heavy atom. The Labute approximate surface area is 141 Å². The third-order valence-electron chi connectivity index (χ3n) is 2.50. The maximum atomic E-state index is 11.9. The number of hydrogen-bond donors (Lipinski definition) is 1. The van der Waals surface area contributed by atoms with Gasteiger partial charge in [0.25, 0.3) is 5.91 Å². The highest BCUT2D eigenvalue weighted by molar-refractivity contribution is 6.43. The van der Waals surface area contributed by atoms with Crippen LogP contribution in [0.2, 0.25) is 20.1 Å². The Balaban J connectivity index is 2.01. The van der Waals surface area contributed by atoms with Crippen molar-refractivity contribution in [1.29, 1.82) is 0 Å². The van der Waals surface area contributed by atoms with Crippen LogP contribution in [0.25, 0.3) is 0 Å². The van der Waals surface area contributed by atoms with E-state index in [1.54, 1.807) is 36.4 Å². The van der Waals surface area contributed by atoms with Gasteiger partial charge < -0.3 is 10.1 Å². The minimum absolute atomic E-state index is 0.248. The van der Waals surface area contributed by atoms with Crippen LogP contribution < -0.4 is 10.1 Å². The minimum Gasteiger partial charge on any atom is -0.482 e. The van der Waals surface area contributed by atoms with Gasteiger partial charge in [0.15, 0.2) is 6.61 Å². The topological polar surface area (TPSA) is 38.3 Å². The van der Waals surface area contributed by atoms with Crippen LogP contribution in [0.5, 0.6) is 5.75 Å². The van der Waals surface area contributed by atoms with Crippen LogP contribution in [0.15, 0.2) is 36.4 Å². The highest BCUT2D eigenvalue weighted by Gasteiger charge is 2.11. The van der Waals surface area contributed by atoms with Crippen molar-refractivity contribution >= 4 is 58.0 Å². The zero-order valence-corrected chi connectivity index (χ0v) is 13.5. The molecule has 0 radical (unpaired) electrons. The van der Waals surface area contributed by atoms with Gasteiger partial charge in [-0.1, -0.05) is 58.5 Å². The largest absolute Gasteiger partial charge is 0.482 e. The number of rotatable bonds is 4. The Morgan fingerprint density at radius 1 is 0.952 bits per heavy atom. The molecule has 0 spiro atoms. The number of amides is 1. The van der Waals surface area contributed by atoms with E-state index < -0.39 is 5.91 Å². The first kappa shape index (κ1) is 16.2. The van der Waals surface area contributed by atoms with Crippen molar-refractivity contribution in [2.75, 3.05) is 11.9 Å². The lowest BCUT2D eigenvalue weighted by molar-refractivity contribution is -0.118. The molecule has 3 nitrogen and oxygen atoms in total. The molecule has 0 aliphatic heterocycles. The summed E-state index contributed by atoms with van der Waals surface area (Å²) in [6.07, 6.45) is 0. The Hall–Kier alpha value is -1.13. The van der Waals surface area contributed by atoms with E-state index in [9.17, 15) is 4.79 Å². The van der Waals surface area contributed by atoms with Crippen LogP contribution in [0, 0.1) is 0 Å². The molecule has 0 aromatic heterocycles. The van der Waals surface area contributed by atoms with Crippen molar-refractivity contribution in [2.24, 2.45) is 0 Å². The van der Waals surface area contributed by atoms with Crippen molar-refractivity contribution in [1.82, 2.24) is 0 Å². The molecule has 1 amide bonds. The van der Waals surface area contributed by atoms with Crippen LogP contribution in [-0.4, -0.2) is 12.5 Å². The van der Waals surface area contributed by atoms with Gasteiger partial charge in [0.05, 0.1) is 20.8 Å². The fourth-order valence-electron chi connectivity index (χ4n) is 1.53. The molecule has 0 heterocycles. The maximum absolute atomic E-state index is 11.9. The van der Waals surface area contributed by atoms with Crippen molar-refractivity contribution in [2.45, 2.75) is 0 Å². The van der Waals surface area contributed by atoms with Crippen molar-refractivity contribution in [3.8, 4) is 5.75 Å². The van der Waals surface area contributed by atoms with Crippen molar-refractivity contribution in [3.05, 3.63) is 56.5 Å². The number of halogens is 4. The van der Waals surface area contributed by atoms with Gasteiger partial charge >= 0.3 is 0 Å². The first-order valence-electron chi connectivity index (χ1n) is 5.79. The predicted octanol–water partition coefficient (Wildman–Crippen LogP) is 5.32. The summed E-state index contributed by atoms with van der Waals surface area (Å²) in [5.74, 6) is -0.0920. The van der Waals surface area contributed by atoms with E-state index in [1.807, 2.05) is 0 Å². The standard InChI is InChI=1S/C14H9Cl4NO2/c15-8-3-2-6-11(13(8)18)21-7-12(20)19-14-9(16)4-1-5-10(14)17/h1-6H,7H2,(H,19,20). The molecule has 2 aromatic rings. The quantitative estimate of drug-likeness (QED) is 0.797. The van der Waals surface area contributed by atoms with Crippen molar-refractivity contribution < 1.29 is 9.53 Å². The summed E-state index contributed by atoms with van der Waals surface area (Å²) in [6.45, 7) is -0.248. The monoisotopic (exact) mass is 363 g/mol. The molecule has 0 fully saturated rings. The maximum Gasteiger partial charge on any atom is 0.262 e. The van der Waals surface area contributed by atoms with E-state index in [0.717, 1.165) is 0 Å². The zero-order valence-electron chi connectivity index (χ0n) is 10.5. The highest BCUT2D eigenvalue weighted by Crippen LogP contribution is 2.32. The second-order valence-corrected chi connectivity index (χ2v) is 5.59. The lowest BCUT2D eigenvalue weighted by Crippen LogP contribution is -2.20. The normalized spacial score (nSPS) is 10.3. The molecule has 2 aromatic carbocycles. The van der Waals surface area contributed by atoms with Gasteiger partial charge in [0.2, 0.25) is 0 Å². The Bertz CT molecular complexity index is 656. The second-order valence-electron chi connectivity index (χ2n) is 3.99. The molecule has 7 heteroatoms. The van der Waals surface area contributed by atoms with E-state index >= 15 is 0 Å². The smallest absolute Gasteiger partial charge is 0.262 e. The molecule has 0 saturated carbocycles. The molecular weight excluding hydrogens is 356 g/mol. The zero-order chi connectivity index (χ0) is 15.4. The summed E-state index contributed by atoms with van der Waals surface area (Å²) in [5.41, 5.74) is 0.339. The average molecular weight is 365 g/mol. The van der Waals surface area contributed by atoms with Crippen LogP contribution in [-0.2, 0) is 4.79 Å². The summed E-state index contributed by atoms with van der Waals surface area (Å²) in [7, 11) is 0. The minimum atomic E-state index is -0.416. The van der Waals surface area contributed by atoms with Crippen molar-refractivity contribution in [3.63, 3.8) is 0 Å². The Kier molecular flexibility index (Phi) is 5.59.